The highest BCUT2D eigenvalue weighted by molar-refractivity contribution is 7.99. The molecule has 29 heavy (non-hydrogen) atoms. The van der Waals surface area contributed by atoms with E-state index in [1.165, 1.54) is 11.8 Å². The van der Waals surface area contributed by atoms with Crippen molar-refractivity contribution in [2.45, 2.75) is 63.3 Å². The Labute approximate surface area is 175 Å². The minimum Gasteiger partial charge on any atom is -0.484 e. The van der Waals surface area contributed by atoms with Gasteiger partial charge < -0.3 is 14.1 Å². The van der Waals surface area contributed by atoms with E-state index in [0.29, 0.717) is 11.1 Å². The molecule has 1 aliphatic carbocycles. The maximum Gasteiger partial charge on any atom is 0.277 e. The highest BCUT2D eigenvalue weighted by Crippen LogP contribution is 2.33. The molecule has 1 saturated carbocycles. The highest BCUT2D eigenvalue weighted by Gasteiger charge is 2.38. The van der Waals surface area contributed by atoms with Crippen LogP contribution in [-0.4, -0.2) is 39.3 Å². The van der Waals surface area contributed by atoms with Crippen LogP contribution in [0.2, 0.25) is 0 Å². The first-order valence-corrected chi connectivity index (χ1v) is 10.8. The molecule has 8 heteroatoms. The largest absolute Gasteiger partial charge is 0.484 e. The van der Waals surface area contributed by atoms with Crippen molar-refractivity contribution in [2.75, 3.05) is 12.8 Å². The number of carbonyl (C=O) groups excluding carboxylic acids is 1. The molecule has 7 nitrogen and oxygen atoms in total. The summed E-state index contributed by atoms with van der Waals surface area (Å²) in [7, 11) is 1.72. The maximum absolute atomic E-state index is 12.6. The van der Waals surface area contributed by atoms with E-state index >= 15 is 0 Å². The van der Waals surface area contributed by atoms with Crippen molar-refractivity contribution in [3.05, 3.63) is 35.2 Å². The molecule has 0 aliphatic heterocycles. The van der Waals surface area contributed by atoms with Gasteiger partial charge in [-0.05, 0) is 43.9 Å². The molecule has 0 radical (unpaired) electrons. The summed E-state index contributed by atoms with van der Waals surface area (Å²) >= 11 is 1.18. The molecule has 3 rings (SSSR count). The average molecular weight is 415 g/mol. The zero-order valence-electron chi connectivity index (χ0n) is 17.1. The quantitative estimate of drug-likeness (QED) is 0.631. The van der Waals surface area contributed by atoms with Gasteiger partial charge in [0, 0.05) is 7.05 Å². The van der Waals surface area contributed by atoms with Gasteiger partial charge in [-0.3, -0.25) is 4.79 Å². The Morgan fingerprint density at radius 1 is 1.31 bits per heavy atom. The fourth-order valence-electron chi connectivity index (χ4n) is 3.48. The van der Waals surface area contributed by atoms with Crippen LogP contribution in [0, 0.1) is 25.2 Å². The predicted octanol–water partition coefficient (Wildman–Crippen LogP) is 4.04. The second-order valence-electron chi connectivity index (χ2n) is 7.46. The van der Waals surface area contributed by atoms with E-state index in [-0.39, 0.29) is 18.3 Å². The van der Waals surface area contributed by atoms with Crippen molar-refractivity contribution in [2.24, 2.45) is 0 Å². The first kappa shape index (κ1) is 21.2. The average Bonchev–Trinajstić information content (AvgIpc) is 3.20. The number of aromatic nitrogens is 2. The molecule has 0 spiro atoms. The minimum absolute atomic E-state index is 0.107. The van der Waals surface area contributed by atoms with Crippen LogP contribution in [0.1, 0.15) is 49.1 Å². The second-order valence-corrected chi connectivity index (χ2v) is 8.39. The normalized spacial score (nSPS) is 15.5. The first-order valence-electron chi connectivity index (χ1n) is 9.77. The molecule has 1 heterocycles. The molecule has 0 saturated heterocycles. The first-order chi connectivity index (χ1) is 13.9. The molecule has 2 aromatic rings. The van der Waals surface area contributed by atoms with Crippen molar-refractivity contribution < 1.29 is 13.9 Å². The molecule has 1 aromatic carbocycles. The predicted molar refractivity (Wildman–Crippen MR) is 109 cm³/mol. The van der Waals surface area contributed by atoms with E-state index in [1.54, 1.807) is 11.9 Å². The van der Waals surface area contributed by atoms with Crippen LogP contribution < -0.4 is 4.74 Å². The Hall–Kier alpha value is -2.53. The Balaban J connectivity index is 1.53. The number of nitriles is 1. The second kappa shape index (κ2) is 9.31. The van der Waals surface area contributed by atoms with E-state index in [2.05, 4.69) is 16.3 Å². The fraction of sp³-hybridized carbons (Fsp3) is 0.524. The molecular formula is C21H26N4O3S. The zero-order chi connectivity index (χ0) is 20.9. The monoisotopic (exact) mass is 414 g/mol. The van der Waals surface area contributed by atoms with Crippen molar-refractivity contribution in [1.29, 1.82) is 5.26 Å². The van der Waals surface area contributed by atoms with E-state index in [0.717, 1.165) is 49.0 Å². The van der Waals surface area contributed by atoms with Gasteiger partial charge in [-0.2, -0.15) is 5.26 Å². The SMILES string of the molecule is Cc1ccc(C)c(OCc2nnc(SCC(=O)N(C)C3(C#N)CCCCC3)o2)c1. The van der Waals surface area contributed by atoms with Crippen LogP contribution in [-0.2, 0) is 11.4 Å². The third kappa shape index (κ3) is 5.10. The lowest BCUT2D eigenvalue weighted by molar-refractivity contribution is -0.131. The molecule has 0 unspecified atom stereocenters. The van der Waals surface area contributed by atoms with Crippen LogP contribution in [0.5, 0.6) is 5.75 Å². The summed E-state index contributed by atoms with van der Waals surface area (Å²) in [4.78, 5) is 14.2. The Morgan fingerprint density at radius 2 is 2.07 bits per heavy atom. The lowest BCUT2D eigenvalue weighted by atomic mass is 9.81. The summed E-state index contributed by atoms with van der Waals surface area (Å²) in [6.07, 6.45) is 4.54. The van der Waals surface area contributed by atoms with Gasteiger partial charge in [0.25, 0.3) is 11.1 Å². The summed E-state index contributed by atoms with van der Waals surface area (Å²) in [5.74, 6) is 1.18. The van der Waals surface area contributed by atoms with Gasteiger partial charge in [0.05, 0.1) is 11.8 Å². The number of benzene rings is 1. The zero-order valence-corrected chi connectivity index (χ0v) is 17.9. The topological polar surface area (TPSA) is 92.3 Å². The lowest BCUT2D eigenvalue weighted by Crippen LogP contribution is -2.50. The number of aryl methyl sites for hydroxylation is 2. The molecule has 1 aliphatic rings. The van der Waals surface area contributed by atoms with Crippen LogP contribution in [0.25, 0.3) is 0 Å². The molecule has 1 fully saturated rings. The van der Waals surface area contributed by atoms with E-state index < -0.39 is 5.54 Å². The van der Waals surface area contributed by atoms with Crippen LogP contribution in [0.4, 0.5) is 0 Å². The van der Waals surface area contributed by atoms with Crippen molar-refractivity contribution in [1.82, 2.24) is 15.1 Å². The number of hydrogen-bond acceptors (Lipinski definition) is 7. The third-order valence-corrected chi connectivity index (χ3v) is 6.17. The summed E-state index contributed by atoms with van der Waals surface area (Å²) in [5, 5.41) is 17.9. The summed E-state index contributed by atoms with van der Waals surface area (Å²) in [5.41, 5.74) is 1.46. The number of nitrogens with zero attached hydrogens (tertiary/aromatic N) is 4. The van der Waals surface area contributed by atoms with Gasteiger partial charge in [0.1, 0.15) is 11.3 Å². The minimum atomic E-state index is -0.685. The molecule has 1 aromatic heterocycles. The van der Waals surface area contributed by atoms with E-state index in [1.807, 2.05) is 32.0 Å². The summed E-state index contributed by atoms with van der Waals surface area (Å²) in [6, 6.07) is 8.36. The van der Waals surface area contributed by atoms with Gasteiger partial charge in [0.15, 0.2) is 6.61 Å². The fourth-order valence-corrected chi connectivity index (χ4v) is 4.17. The van der Waals surface area contributed by atoms with Crippen LogP contribution in [0.3, 0.4) is 0 Å². The van der Waals surface area contributed by atoms with Gasteiger partial charge in [0.2, 0.25) is 5.91 Å². The third-order valence-electron chi connectivity index (χ3n) is 5.37. The Kier molecular flexibility index (Phi) is 6.80. The van der Waals surface area contributed by atoms with Gasteiger partial charge in [-0.25, -0.2) is 0 Å². The molecule has 154 valence electrons. The number of rotatable bonds is 7. The Morgan fingerprint density at radius 3 is 2.79 bits per heavy atom. The Bertz CT molecular complexity index is 900. The van der Waals surface area contributed by atoms with E-state index in [9.17, 15) is 10.1 Å². The number of ether oxygens (including phenoxy) is 1. The molecule has 1 amide bonds. The van der Waals surface area contributed by atoms with Crippen molar-refractivity contribution >= 4 is 17.7 Å². The standard InChI is InChI=1S/C21H26N4O3S/c1-15-7-8-16(2)17(11-15)27-12-18-23-24-20(28-18)29-13-19(26)25(3)21(14-22)9-5-4-6-10-21/h7-8,11H,4-6,9-10,12-13H2,1-3H3. The smallest absolute Gasteiger partial charge is 0.277 e. The number of hydrogen-bond donors (Lipinski definition) is 0. The number of carbonyl (C=O) groups is 1. The van der Waals surface area contributed by atoms with Crippen LogP contribution >= 0.6 is 11.8 Å². The lowest BCUT2D eigenvalue weighted by Gasteiger charge is -2.38. The molecule has 0 N–H and O–H groups in total. The number of thioether (sulfide) groups is 1. The van der Waals surface area contributed by atoms with Crippen LogP contribution in [0.15, 0.2) is 27.8 Å². The van der Waals surface area contributed by atoms with Gasteiger partial charge in [-0.15, -0.1) is 10.2 Å². The molecule has 0 atom stereocenters. The molecular weight excluding hydrogens is 388 g/mol. The number of amides is 1. The van der Waals surface area contributed by atoms with Crippen molar-refractivity contribution in [3.63, 3.8) is 0 Å². The highest BCUT2D eigenvalue weighted by atomic mass is 32.2. The van der Waals surface area contributed by atoms with Crippen molar-refractivity contribution in [3.8, 4) is 11.8 Å². The maximum atomic E-state index is 12.6. The van der Waals surface area contributed by atoms with E-state index in [4.69, 9.17) is 9.15 Å². The van der Waals surface area contributed by atoms with Gasteiger partial charge in [-0.1, -0.05) is 43.2 Å². The summed E-state index contributed by atoms with van der Waals surface area (Å²) in [6.45, 7) is 4.15. The van der Waals surface area contributed by atoms with Gasteiger partial charge >= 0.3 is 0 Å². The molecule has 0 bridgehead atoms. The summed E-state index contributed by atoms with van der Waals surface area (Å²) < 4.78 is 11.4.